The first-order chi connectivity index (χ1) is 13.1. The smallest absolute Gasteiger partial charge is 0.249 e. The van der Waals surface area contributed by atoms with Gasteiger partial charge in [-0.25, -0.2) is 0 Å². The number of ether oxygens (including phenoxy) is 1. The molecule has 2 N–H and O–H groups in total. The topological polar surface area (TPSA) is 78.9 Å². The summed E-state index contributed by atoms with van der Waals surface area (Å²) < 4.78 is 5.33. The van der Waals surface area contributed by atoms with Gasteiger partial charge in [-0.1, -0.05) is 49.6 Å². The Hall–Kier alpha value is -1.92. The average molecular weight is 374 g/mol. The van der Waals surface area contributed by atoms with Gasteiger partial charge in [0.05, 0.1) is 13.2 Å². The highest BCUT2D eigenvalue weighted by molar-refractivity contribution is 5.89. The minimum absolute atomic E-state index is 0.00499. The Morgan fingerprint density at radius 2 is 1.78 bits per heavy atom. The first kappa shape index (κ1) is 19.8. The molecular formula is C21H30N2O4. The van der Waals surface area contributed by atoms with Crippen LogP contribution in [-0.2, 0) is 20.7 Å². The molecule has 3 rings (SSSR count). The van der Waals surface area contributed by atoms with Gasteiger partial charge in [0.1, 0.15) is 12.1 Å². The van der Waals surface area contributed by atoms with Crippen molar-refractivity contribution >= 4 is 11.8 Å². The molecule has 1 aromatic carbocycles. The molecule has 0 bridgehead atoms. The zero-order valence-corrected chi connectivity index (χ0v) is 15.8. The number of aliphatic hydroxyl groups excluding tert-OH is 1. The number of hydrogen-bond acceptors (Lipinski definition) is 4. The van der Waals surface area contributed by atoms with Crippen LogP contribution < -0.4 is 5.32 Å². The van der Waals surface area contributed by atoms with Gasteiger partial charge >= 0.3 is 0 Å². The lowest BCUT2D eigenvalue weighted by Crippen LogP contribution is -2.55. The van der Waals surface area contributed by atoms with Crippen molar-refractivity contribution < 1.29 is 19.4 Å². The molecule has 2 amide bonds. The van der Waals surface area contributed by atoms with E-state index in [1.54, 1.807) is 4.90 Å². The van der Waals surface area contributed by atoms with Gasteiger partial charge < -0.3 is 20.1 Å². The summed E-state index contributed by atoms with van der Waals surface area (Å²) in [4.78, 5) is 27.4. The van der Waals surface area contributed by atoms with Crippen molar-refractivity contribution in [3.8, 4) is 0 Å². The Bertz CT molecular complexity index is 610. The van der Waals surface area contributed by atoms with Crippen molar-refractivity contribution in [3.63, 3.8) is 0 Å². The minimum Gasteiger partial charge on any atom is -0.383 e. The molecule has 2 aliphatic rings. The number of benzene rings is 1. The molecule has 2 fully saturated rings. The second-order valence-electron chi connectivity index (χ2n) is 7.53. The molecule has 6 heteroatoms. The SMILES string of the molecule is O=C(NC(Cc1ccccc1)C(=O)N1CCOCC1)C(O)C1CCCCC1. The fourth-order valence-electron chi connectivity index (χ4n) is 3.98. The van der Waals surface area contributed by atoms with Gasteiger partial charge in [-0.3, -0.25) is 9.59 Å². The summed E-state index contributed by atoms with van der Waals surface area (Å²) in [6, 6.07) is 8.99. The number of aliphatic hydroxyl groups is 1. The van der Waals surface area contributed by atoms with E-state index >= 15 is 0 Å². The van der Waals surface area contributed by atoms with Crippen LogP contribution in [0.2, 0.25) is 0 Å². The van der Waals surface area contributed by atoms with Crippen LogP contribution in [0.4, 0.5) is 0 Å². The highest BCUT2D eigenvalue weighted by atomic mass is 16.5. The van der Waals surface area contributed by atoms with E-state index < -0.39 is 18.1 Å². The summed E-state index contributed by atoms with van der Waals surface area (Å²) in [7, 11) is 0. The maximum atomic E-state index is 13.0. The quantitative estimate of drug-likeness (QED) is 0.791. The first-order valence-electron chi connectivity index (χ1n) is 10.0. The molecule has 0 radical (unpaired) electrons. The Kier molecular flexibility index (Phi) is 7.24. The lowest BCUT2D eigenvalue weighted by Gasteiger charge is -2.32. The zero-order valence-electron chi connectivity index (χ0n) is 15.8. The third-order valence-corrected chi connectivity index (χ3v) is 5.58. The van der Waals surface area contributed by atoms with Crippen LogP contribution in [0, 0.1) is 5.92 Å². The van der Waals surface area contributed by atoms with Crippen LogP contribution in [-0.4, -0.2) is 60.3 Å². The number of carbonyl (C=O) groups excluding carboxylic acids is 2. The van der Waals surface area contributed by atoms with Crippen LogP contribution in [0.5, 0.6) is 0 Å². The lowest BCUT2D eigenvalue weighted by molar-refractivity contribution is -0.142. The molecule has 2 atom stereocenters. The number of rotatable bonds is 6. The number of nitrogens with one attached hydrogen (secondary N) is 1. The second-order valence-corrected chi connectivity index (χ2v) is 7.53. The van der Waals surface area contributed by atoms with Crippen molar-refractivity contribution in [2.75, 3.05) is 26.3 Å². The first-order valence-corrected chi connectivity index (χ1v) is 10.0. The number of nitrogens with zero attached hydrogens (tertiary/aromatic N) is 1. The van der Waals surface area contributed by atoms with Crippen molar-refractivity contribution in [1.29, 1.82) is 0 Å². The van der Waals surface area contributed by atoms with Crippen molar-refractivity contribution in [2.45, 2.75) is 50.7 Å². The van der Waals surface area contributed by atoms with Gasteiger partial charge in [0.15, 0.2) is 0 Å². The number of amides is 2. The maximum absolute atomic E-state index is 13.0. The van der Waals surface area contributed by atoms with E-state index in [0.717, 1.165) is 37.7 Å². The molecule has 148 valence electrons. The Balaban J connectivity index is 1.68. The lowest BCUT2D eigenvalue weighted by atomic mass is 9.85. The summed E-state index contributed by atoms with van der Waals surface area (Å²) in [5.41, 5.74) is 0.983. The van der Waals surface area contributed by atoms with Crippen LogP contribution >= 0.6 is 0 Å². The van der Waals surface area contributed by atoms with Gasteiger partial charge in [-0.15, -0.1) is 0 Å². The molecule has 1 aromatic rings. The van der Waals surface area contributed by atoms with E-state index in [0.29, 0.717) is 32.7 Å². The van der Waals surface area contributed by atoms with Gasteiger partial charge in [-0.05, 0) is 24.3 Å². The van der Waals surface area contributed by atoms with Gasteiger partial charge in [0.2, 0.25) is 11.8 Å². The van der Waals surface area contributed by atoms with Gasteiger partial charge in [0, 0.05) is 19.5 Å². The third kappa shape index (κ3) is 5.53. The molecule has 1 aliphatic carbocycles. The van der Waals surface area contributed by atoms with E-state index in [4.69, 9.17) is 4.74 Å². The molecule has 2 unspecified atom stereocenters. The molecular weight excluding hydrogens is 344 g/mol. The van der Waals surface area contributed by atoms with Crippen molar-refractivity contribution in [2.24, 2.45) is 5.92 Å². The third-order valence-electron chi connectivity index (χ3n) is 5.58. The van der Waals surface area contributed by atoms with E-state index in [1.165, 1.54) is 0 Å². The van der Waals surface area contributed by atoms with Gasteiger partial charge in [-0.2, -0.15) is 0 Å². The summed E-state index contributed by atoms with van der Waals surface area (Å²) in [5, 5.41) is 13.3. The largest absolute Gasteiger partial charge is 0.383 e. The Morgan fingerprint density at radius 3 is 2.44 bits per heavy atom. The average Bonchev–Trinajstić information content (AvgIpc) is 2.74. The maximum Gasteiger partial charge on any atom is 0.249 e. The molecule has 1 heterocycles. The number of carbonyl (C=O) groups is 2. The number of hydrogen-bond donors (Lipinski definition) is 2. The molecule has 0 spiro atoms. The normalized spacial score (nSPS) is 20.7. The standard InChI is InChI=1S/C21H30N2O4/c24-19(17-9-5-2-6-10-17)20(25)22-18(15-16-7-3-1-4-8-16)21(26)23-11-13-27-14-12-23/h1,3-4,7-8,17-19,24H,2,5-6,9-15H2,(H,22,25). The molecule has 1 aliphatic heterocycles. The molecule has 27 heavy (non-hydrogen) atoms. The van der Waals surface area contributed by atoms with E-state index in [2.05, 4.69) is 5.32 Å². The van der Waals surface area contributed by atoms with E-state index in [-0.39, 0.29) is 11.8 Å². The van der Waals surface area contributed by atoms with Crippen molar-refractivity contribution in [1.82, 2.24) is 10.2 Å². The fraction of sp³-hybridized carbons (Fsp3) is 0.619. The Labute approximate surface area is 160 Å². The molecule has 6 nitrogen and oxygen atoms in total. The van der Waals surface area contributed by atoms with E-state index in [9.17, 15) is 14.7 Å². The Morgan fingerprint density at radius 1 is 1.11 bits per heavy atom. The van der Waals surface area contributed by atoms with Crippen LogP contribution in [0.25, 0.3) is 0 Å². The molecule has 0 aromatic heterocycles. The van der Waals surface area contributed by atoms with Crippen LogP contribution in [0.3, 0.4) is 0 Å². The molecule has 1 saturated carbocycles. The van der Waals surface area contributed by atoms with Crippen molar-refractivity contribution in [3.05, 3.63) is 35.9 Å². The van der Waals surface area contributed by atoms with E-state index in [1.807, 2.05) is 30.3 Å². The predicted octanol–water partition coefficient (Wildman–Crippen LogP) is 1.51. The predicted molar refractivity (Wildman–Crippen MR) is 102 cm³/mol. The molecule has 1 saturated heterocycles. The monoisotopic (exact) mass is 374 g/mol. The summed E-state index contributed by atoms with van der Waals surface area (Å²) in [6.45, 7) is 2.10. The summed E-state index contributed by atoms with van der Waals surface area (Å²) in [6.07, 6.45) is 4.38. The minimum atomic E-state index is -1.04. The van der Waals surface area contributed by atoms with Crippen LogP contribution in [0.15, 0.2) is 30.3 Å². The zero-order chi connectivity index (χ0) is 19.1. The summed E-state index contributed by atoms with van der Waals surface area (Å²) in [5.74, 6) is -0.537. The fourth-order valence-corrected chi connectivity index (χ4v) is 3.98. The second kappa shape index (κ2) is 9.85. The highest BCUT2D eigenvalue weighted by Gasteiger charge is 2.32. The van der Waals surface area contributed by atoms with Crippen LogP contribution in [0.1, 0.15) is 37.7 Å². The number of morpholine rings is 1. The van der Waals surface area contributed by atoms with Gasteiger partial charge in [0.25, 0.3) is 0 Å². The highest BCUT2D eigenvalue weighted by Crippen LogP contribution is 2.26. The summed E-state index contributed by atoms with van der Waals surface area (Å²) >= 11 is 0.